The lowest BCUT2D eigenvalue weighted by Crippen LogP contribution is -2.57. The lowest BCUT2D eigenvalue weighted by Gasteiger charge is -2.42. The second-order valence-electron chi connectivity index (χ2n) is 16.4. The molecule has 0 saturated carbocycles. The average molecular weight is 727 g/mol. The summed E-state index contributed by atoms with van der Waals surface area (Å²) in [5, 5.41) is 3.59. The Morgan fingerprint density at radius 3 is 1.98 bits per heavy atom. The van der Waals surface area contributed by atoms with Gasteiger partial charge in [0.15, 0.2) is 5.71 Å². The number of furan rings is 1. The van der Waals surface area contributed by atoms with Crippen LogP contribution in [-0.2, 0) is 5.41 Å². The maximum absolute atomic E-state index is 6.99. The Hall–Kier alpha value is -7.04. The van der Waals surface area contributed by atoms with E-state index < -0.39 is 0 Å². The van der Waals surface area contributed by atoms with Gasteiger partial charge in [0.2, 0.25) is 0 Å². The molecule has 3 nitrogen and oxygen atoms in total. The molecule has 0 radical (unpaired) electrons. The lowest BCUT2D eigenvalue weighted by atomic mass is 9.44. The van der Waals surface area contributed by atoms with Gasteiger partial charge in [0.25, 0.3) is 0 Å². The van der Waals surface area contributed by atoms with Crippen molar-refractivity contribution in [1.29, 1.82) is 0 Å². The van der Waals surface area contributed by atoms with E-state index in [-0.39, 0.29) is 12.3 Å². The lowest BCUT2D eigenvalue weighted by molar-refractivity contribution is 0.650. The molecule has 13 rings (SSSR count). The fourth-order valence-corrected chi connectivity index (χ4v) is 10.8. The monoisotopic (exact) mass is 726 g/mol. The Morgan fingerprint density at radius 1 is 0.526 bits per heavy atom. The van der Waals surface area contributed by atoms with Crippen LogP contribution in [0.2, 0.25) is 0 Å². The van der Waals surface area contributed by atoms with Crippen molar-refractivity contribution in [2.45, 2.75) is 19.3 Å². The van der Waals surface area contributed by atoms with E-state index in [2.05, 4.69) is 199 Å². The Labute approximate surface area is 331 Å². The quantitative estimate of drug-likeness (QED) is 0.169. The molecule has 0 saturated heterocycles. The molecule has 4 heteroatoms. The molecule has 4 heterocycles. The highest BCUT2D eigenvalue weighted by Gasteiger charge is 2.48. The van der Waals surface area contributed by atoms with E-state index in [1.54, 1.807) is 0 Å². The Morgan fingerprint density at radius 2 is 1.18 bits per heavy atom. The van der Waals surface area contributed by atoms with Gasteiger partial charge in [-0.2, -0.15) is 0 Å². The first-order valence-electron chi connectivity index (χ1n) is 20.0. The smallest absolute Gasteiger partial charge is 0.336 e. The van der Waals surface area contributed by atoms with Crippen LogP contribution in [0.3, 0.4) is 0 Å². The zero-order valence-corrected chi connectivity index (χ0v) is 31.6. The molecule has 57 heavy (non-hydrogen) atoms. The molecule has 0 atom stereocenters. The van der Waals surface area contributed by atoms with Gasteiger partial charge in [0.05, 0.1) is 5.39 Å². The third-order valence-corrected chi connectivity index (χ3v) is 13.1. The Bertz CT molecular complexity index is 3320. The van der Waals surface area contributed by atoms with Gasteiger partial charge < -0.3 is 13.8 Å². The Balaban J connectivity index is 1.19. The maximum atomic E-state index is 6.99. The molecular weight excluding hydrogens is 691 g/mol. The SMILES string of the molecule is CC1(C)c2ccccc2-c2cc3c4c(c21)-c1cccc2c5c6ccccc6oc5n(c12)B4c1cc(-c2ccccc2)ccc1N3c1ccc(-c2ccccc2)cc1. The summed E-state index contributed by atoms with van der Waals surface area (Å²) in [5.41, 5.74) is 21.9. The summed E-state index contributed by atoms with van der Waals surface area (Å²) in [6.07, 6.45) is 0. The van der Waals surface area contributed by atoms with Crippen LogP contribution in [0.25, 0.3) is 77.5 Å². The van der Waals surface area contributed by atoms with E-state index >= 15 is 0 Å². The van der Waals surface area contributed by atoms with Gasteiger partial charge in [-0.1, -0.05) is 159 Å². The van der Waals surface area contributed by atoms with Crippen molar-refractivity contribution < 1.29 is 4.42 Å². The number of para-hydroxylation sites is 2. The Kier molecular flexibility index (Phi) is 6.05. The fourth-order valence-electron chi connectivity index (χ4n) is 10.8. The third-order valence-electron chi connectivity index (χ3n) is 13.1. The van der Waals surface area contributed by atoms with Gasteiger partial charge in [-0.25, -0.2) is 0 Å². The zero-order chi connectivity index (χ0) is 37.6. The summed E-state index contributed by atoms with van der Waals surface area (Å²) in [5.74, 6) is 0. The second kappa shape index (κ2) is 11.1. The normalized spacial score (nSPS) is 14.2. The van der Waals surface area contributed by atoms with Gasteiger partial charge >= 0.3 is 6.85 Å². The van der Waals surface area contributed by atoms with Crippen molar-refractivity contribution >= 4 is 67.8 Å². The minimum Gasteiger partial charge on any atom is -0.441 e. The standard InChI is InChI=1S/C53H35BN2O/c1-53(2)42-22-11-9-18-37(42)41-31-45-50-48(49(41)53)40-21-13-20-39-47-38-19-10-12-23-46(38)57-52(47)56(51(39)40)54(50)43-30-35(33-16-7-4-8-17-33)26-29-44(43)55(45)36-27-24-34(25-28-36)32-14-5-3-6-15-32/h3-31H,1-2H3. The molecule has 0 amide bonds. The number of fused-ring (bicyclic) bond motifs is 13. The third kappa shape index (κ3) is 4.02. The number of rotatable bonds is 3. The van der Waals surface area contributed by atoms with E-state index in [9.17, 15) is 0 Å². The van der Waals surface area contributed by atoms with Crippen molar-refractivity contribution in [2.75, 3.05) is 4.90 Å². The van der Waals surface area contributed by atoms with E-state index in [0.29, 0.717) is 0 Å². The fraction of sp³-hybridized carbons (Fsp3) is 0.0566. The molecular formula is C53H35BN2O. The molecule has 0 spiro atoms. The molecule has 1 aliphatic carbocycles. The van der Waals surface area contributed by atoms with Gasteiger partial charge in [-0.05, 0) is 91.3 Å². The summed E-state index contributed by atoms with van der Waals surface area (Å²) < 4.78 is 9.54. The minimum atomic E-state index is -0.210. The average Bonchev–Trinajstić information content (AvgIpc) is 3.88. The van der Waals surface area contributed by atoms with E-state index in [4.69, 9.17) is 4.42 Å². The highest BCUT2D eigenvalue weighted by molar-refractivity contribution is 6.90. The molecule has 0 fully saturated rings. The van der Waals surface area contributed by atoms with Gasteiger partial charge in [0.1, 0.15) is 5.58 Å². The van der Waals surface area contributed by atoms with Crippen LogP contribution in [0.15, 0.2) is 180 Å². The van der Waals surface area contributed by atoms with Gasteiger partial charge in [-0.15, -0.1) is 0 Å². The van der Waals surface area contributed by atoms with Crippen molar-refractivity contribution in [3.63, 3.8) is 0 Å². The summed E-state index contributed by atoms with van der Waals surface area (Å²) in [4.78, 5) is 2.53. The van der Waals surface area contributed by atoms with E-state index in [1.807, 2.05) is 0 Å². The first kappa shape index (κ1) is 31.2. The van der Waals surface area contributed by atoms with Crippen LogP contribution in [0.5, 0.6) is 0 Å². The zero-order valence-electron chi connectivity index (χ0n) is 31.6. The summed E-state index contributed by atoms with van der Waals surface area (Å²) >= 11 is 0. The van der Waals surface area contributed by atoms with Crippen molar-refractivity contribution in [2.24, 2.45) is 0 Å². The highest BCUT2D eigenvalue weighted by Crippen LogP contribution is 2.57. The predicted molar refractivity (Wildman–Crippen MR) is 238 cm³/mol. The highest BCUT2D eigenvalue weighted by atomic mass is 16.3. The number of hydrogen-bond acceptors (Lipinski definition) is 2. The molecule has 2 aromatic heterocycles. The molecule has 2 aliphatic heterocycles. The second-order valence-corrected chi connectivity index (χ2v) is 16.4. The van der Waals surface area contributed by atoms with E-state index in [1.165, 1.54) is 94.2 Å². The molecule has 3 aliphatic rings. The summed E-state index contributed by atoms with van der Waals surface area (Å²) in [7, 11) is 0. The van der Waals surface area contributed by atoms with Crippen LogP contribution in [0.4, 0.5) is 17.1 Å². The number of anilines is 3. The number of benzene rings is 8. The summed E-state index contributed by atoms with van der Waals surface area (Å²) in [6.45, 7) is 4.72. The van der Waals surface area contributed by atoms with Crippen molar-refractivity contribution in [3.8, 4) is 44.5 Å². The predicted octanol–water partition coefficient (Wildman–Crippen LogP) is 12.6. The maximum Gasteiger partial charge on any atom is 0.336 e. The number of hydrogen-bond donors (Lipinski definition) is 0. The molecule has 0 unspecified atom stereocenters. The van der Waals surface area contributed by atoms with Crippen molar-refractivity contribution in [3.05, 3.63) is 187 Å². The first-order chi connectivity index (χ1) is 28.1. The van der Waals surface area contributed by atoms with Gasteiger partial charge in [-0.3, -0.25) is 0 Å². The molecule has 8 aromatic carbocycles. The van der Waals surface area contributed by atoms with Crippen LogP contribution >= 0.6 is 0 Å². The topological polar surface area (TPSA) is 21.3 Å². The van der Waals surface area contributed by atoms with Crippen molar-refractivity contribution in [1.82, 2.24) is 4.48 Å². The van der Waals surface area contributed by atoms with Crippen LogP contribution < -0.4 is 15.8 Å². The van der Waals surface area contributed by atoms with Crippen LogP contribution in [-0.4, -0.2) is 11.3 Å². The molecule has 10 aromatic rings. The first-order valence-corrected chi connectivity index (χ1v) is 20.0. The van der Waals surface area contributed by atoms with Crippen LogP contribution in [0, 0.1) is 0 Å². The summed E-state index contributed by atoms with van der Waals surface area (Å²) in [6, 6.07) is 64.8. The van der Waals surface area contributed by atoms with Gasteiger partial charge in [0, 0.05) is 44.3 Å². The van der Waals surface area contributed by atoms with Crippen LogP contribution in [0.1, 0.15) is 25.0 Å². The largest absolute Gasteiger partial charge is 0.441 e. The number of nitrogens with zero attached hydrogens (tertiary/aromatic N) is 2. The minimum absolute atomic E-state index is 0.131. The molecule has 0 N–H and O–H groups in total. The number of aromatic nitrogens is 1. The van der Waals surface area contributed by atoms with E-state index in [0.717, 1.165) is 22.4 Å². The molecule has 0 bridgehead atoms. The molecule has 266 valence electrons.